The van der Waals surface area contributed by atoms with Gasteiger partial charge in [0.2, 0.25) is 5.91 Å². The lowest BCUT2D eigenvalue weighted by molar-refractivity contribution is -0.146. The van der Waals surface area contributed by atoms with Crippen molar-refractivity contribution in [2.75, 3.05) is 19.7 Å². The van der Waals surface area contributed by atoms with Gasteiger partial charge in [-0.2, -0.15) is 0 Å². The molecule has 1 fully saturated rings. The number of hydrogen-bond acceptors (Lipinski definition) is 4. The molecule has 1 amide bonds. The van der Waals surface area contributed by atoms with Crippen molar-refractivity contribution in [1.29, 1.82) is 0 Å². The molecule has 0 aliphatic carbocycles. The van der Waals surface area contributed by atoms with Crippen LogP contribution in [-0.2, 0) is 14.3 Å². The van der Waals surface area contributed by atoms with Gasteiger partial charge in [0.25, 0.3) is 0 Å². The van der Waals surface area contributed by atoms with E-state index in [0.717, 1.165) is 12.8 Å². The van der Waals surface area contributed by atoms with E-state index in [0.29, 0.717) is 32.5 Å². The first-order chi connectivity index (χ1) is 8.56. The molecular formula is C13H24N2O3. The Morgan fingerprint density at radius 1 is 1.33 bits per heavy atom. The van der Waals surface area contributed by atoms with Gasteiger partial charge in [0, 0.05) is 25.6 Å². The maximum absolute atomic E-state index is 11.9. The summed E-state index contributed by atoms with van der Waals surface area (Å²) in [6.45, 7) is 5.42. The summed E-state index contributed by atoms with van der Waals surface area (Å²) in [5.74, 6) is 0.0783. The molecule has 0 radical (unpaired) electrons. The first-order valence-electron chi connectivity index (χ1n) is 6.75. The smallest absolute Gasteiger partial charge is 0.306 e. The average Bonchev–Trinajstić information content (AvgIpc) is 2.28. The van der Waals surface area contributed by atoms with Gasteiger partial charge >= 0.3 is 5.97 Å². The van der Waals surface area contributed by atoms with E-state index in [1.165, 1.54) is 0 Å². The van der Waals surface area contributed by atoms with E-state index in [-0.39, 0.29) is 23.8 Å². The van der Waals surface area contributed by atoms with Gasteiger partial charge in [-0.3, -0.25) is 9.59 Å². The molecule has 2 N–H and O–H groups in total. The fourth-order valence-electron chi connectivity index (χ4n) is 2.43. The molecule has 0 aromatic carbocycles. The molecule has 2 unspecified atom stereocenters. The van der Waals surface area contributed by atoms with Gasteiger partial charge in [-0.25, -0.2) is 0 Å². The number of hydrogen-bond donors (Lipinski definition) is 1. The van der Waals surface area contributed by atoms with Crippen LogP contribution in [0, 0.1) is 5.92 Å². The van der Waals surface area contributed by atoms with Crippen LogP contribution in [0.1, 0.15) is 39.5 Å². The molecule has 18 heavy (non-hydrogen) atoms. The monoisotopic (exact) mass is 256 g/mol. The number of carbonyl (C=O) groups is 2. The molecule has 1 aliphatic rings. The molecule has 5 nitrogen and oxygen atoms in total. The van der Waals surface area contributed by atoms with Crippen LogP contribution in [-0.4, -0.2) is 42.5 Å². The molecule has 1 aliphatic heterocycles. The van der Waals surface area contributed by atoms with E-state index in [1.807, 2.05) is 6.92 Å². The van der Waals surface area contributed by atoms with Gasteiger partial charge in [-0.05, 0) is 25.7 Å². The van der Waals surface area contributed by atoms with E-state index < -0.39 is 0 Å². The van der Waals surface area contributed by atoms with E-state index in [1.54, 1.807) is 11.8 Å². The minimum atomic E-state index is -0.195. The molecule has 0 aromatic heterocycles. The van der Waals surface area contributed by atoms with Crippen molar-refractivity contribution >= 4 is 11.9 Å². The molecule has 104 valence electrons. The molecular weight excluding hydrogens is 232 g/mol. The molecule has 1 saturated heterocycles. The highest BCUT2D eigenvalue weighted by Gasteiger charge is 2.29. The largest absolute Gasteiger partial charge is 0.466 e. The van der Waals surface area contributed by atoms with Crippen molar-refractivity contribution in [1.82, 2.24) is 4.90 Å². The fraction of sp³-hybridized carbons (Fsp3) is 0.846. The number of likely N-dealkylation sites (tertiary alicyclic amines) is 1. The van der Waals surface area contributed by atoms with Crippen molar-refractivity contribution in [2.45, 2.75) is 45.6 Å². The number of carbonyl (C=O) groups excluding carboxylic acids is 2. The lowest BCUT2D eigenvalue weighted by atomic mass is 9.91. The van der Waals surface area contributed by atoms with Crippen molar-refractivity contribution in [3.05, 3.63) is 0 Å². The Kier molecular flexibility index (Phi) is 6.12. The Bertz CT molecular complexity index is 294. The van der Waals surface area contributed by atoms with Gasteiger partial charge in [0.05, 0.1) is 13.0 Å². The number of nitrogens with zero attached hydrogens (tertiary/aromatic N) is 1. The predicted molar refractivity (Wildman–Crippen MR) is 68.8 cm³/mol. The standard InChI is InChI=1S/C13H24N2O3/c1-3-5-12(16)15-8-10(6-11(14)9-15)7-13(17)18-4-2/h10-11H,3-9,14H2,1-2H3. The van der Waals surface area contributed by atoms with Crippen LogP contribution in [0.3, 0.4) is 0 Å². The van der Waals surface area contributed by atoms with Crippen LogP contribution in [0.5, 0.6) is 0 Å². The summed E-state index contributed by atoms with van der Waals surface area (Å²) in [6, 6.07) is -0.0287. The highest BCUT2D eigenvalue weighted by Crippen LogP contribution is 2.20. The fourth-order valence-corrected chi connectivity index (χ4v) is 2.43. The maximum atomic E-state index is 11.9. The molecule has 2 atom stereocenters. The van der Waals surface area contributed by atoms with Crippen molar-refractivity contribution in [3.8, 4) is 0 Å². The van der Waals surface area contributed by atoms with Gasteiger partial charge < -0.3 is 15.4 Å². The zero-order valence-corrected chi connectivity index (χ0v) is 11.4. The molecule has 0 saturated carbocycles. The second-order valence-corrected chi connectivity index (χ2v) is 4.92. The molecule has 1 rings (SSSR count). The predicted octanol–water partition coefficient (Wildman–Crippen LogP) is 0.915. The summed E-state index contributed by atoms with van der Waals surface area (Å²) >= 11 is 0. The van der Waals surface area contributed by atoms with E-state index in [4.69, 9.17) is 10.5 Å². The first kappa shape index (κ1) is 15.0. The lowest BCUT2D eigenvalue weighted by Gasteiger charge is -2.36. The third kappa shape index (κ3) is 4.64. The number of rotatable bonds is 5. The Labute approximate surface area is 109 Å². The second kappa shape index (κ2) is 7.36. The minimum Gasteiger partial charge on any atom is -0.466 e. The van der Waals surface area contributed by atoms with Crippen LogP contribution in [0.2, 0.25) is 0 Å². The number of piperidine rings is 1. The average molecular weight is 256 g/mol. The molecule has 0 bridgehead atoms. The number of nitrogens with two attached hydrogens (primary N) is 1. The van der Waals surface area contributed by atoms with Gasteiger partial charge in [0.1, 0.15) is 0 Å². The van der Waals surface area contributed by atoms with Crippen molar-refractivity contribution < 1.29 is 14.3 Å². The summed E-state index contributed by atoms with van der Waals surface area (Å²) in [4.78, 5) is 25.1. The zero-order chi connectivity index (χ0) is 13.5. The van der Waals surface area contributed by atoms with Crippen LogP contribution >= 0.6 is 0 Å². The van der Waals surface area contributed by atoms with Gasteiger partial charge in [-0.15, -0.1) is 0 Å². The Hall–Kier alpha value is -1.10. The van der Waals surface area contributed by atoms with Crippen LogP contribution < -0.4 is 5.73 Å². The molecule has 5 heteroatoms. The Morgan fingerprint density at radius 2 is 2.06 bits per heavy atom. The Balaban J connectivity index is 2.50. The molecule has 1 heterocycles. The summed E-state index contributed by atoms with van der Waals surface area (Å²) in [5.41, 5.74) is 5.95. The van der Waals surface area contributed by atoms with Crippen molar-refractivity contribution in [3.63, 3.8) is 0 Å². The summed E-state index contributed by atoms with van der Waals surface area (Å²) in [5, 5.41) is 0. The maximum Gasteiger partial charge on any atom is 0.306 e. The van der Waals surface area contributed by atoms with Crippen LogP contribution in [0.15, 0.2) is 0 Å². The second-order valence-electron chi connectivity index (χ2n) is 4.92. The Morgan fingerprint density at radius 3 is 2.67 bits per heavy atom. The number of esters is 1. The van der Waals surface area contributed by atoms with Crippen molar-refractivity contribution in [2.24, 2.45) is 11.7 Å². The minimum absolute atomic E-state index is 0.0287. The SMILES string of the molecule is CCCC(=O)N1CC(N)CC(CC(=O)OCC)C1. The van der Waals surface area contributed by atoms with Gasteiger partial charge in [0.15, 0.2) is 0 Å². The van der Waals surface area contributed by atoms with Crippen LogP contribution in [0.25, 0.3) is 0 Å². The summed E-state index contributed by atoms with van der Waals surface area (Å²) in [6.07, 6.45) is 2.54. The third-order valence-corrected chi connectivity index (χ3v) is 3.15. The highest BCUT2D eigenvalue weighted by molar-refractivity contribution is 5.76. The first-order valence-corrected chi connectivity index (χ1v) is 6.75. The zero-order valence-electron chi connectivity index (χ0n) is 11.4. The summed E-state index contributed by atoms with van der Waals surface area (Å²) < 4.78 is 4.94. The third-order valence-electron chi connectivity index (χ3n) is 3.15. The normalized spacial score (nSPS) is 23.8. The van der Waals surface area contributed by atoms with E-state index in [9.17, 15) is 9.59 Å². The molecule has 0 spiro atoms. The molecule has 0 aromatic rings. The van der Waals surface area contributed by atoms with Gasteiger partial charge in [-0.1, -0.05) is 6.92 Å². The lowest BCUT2D eigenvalue weighted by Crippen LogP contribution is -2.49. The highest BCUT2D eigenvalue weighted by atomic mass is 16.5. The van der Waals surface area contributed by atoms with E-state index in [2.05, 4.69) is 0 Å². The number of ether oxygens (including phenoxy) is 1. The van der Waals surface area contributed by atoms with Crippen LogP contribution in [0.4, 0.5) is 0 Å². The summed E-state index contributed by atoms with van der Waals surface area (Å²) in [7, 11) is 0. The van der Waals surface area contributed by atoms with E-state index >= 15 is 0 Å². The number of amides is 1. The quantitative estimate of drug-likeness (QED) is 0.742. The topological polar surface area (TPSA) is 72.6 Å².